The summed E-state index contributed by atoms with van der Waals surface area (Å²) in [6.45, 7) is 1.97. The molecule has 0 amide bonds. The molecule has 2 aromatic carbocycles. The summed E-state index contributed by atoms with van der Waals surface area (Å²) in [6, 6.07) is 12.8. The maximum Gasteiger partial charge on any atom is 0.163 e. The van der Waals surface area contributed by atoms with Crippen molar-refractivity contribution in [2.75, 3.05) is 7.05 Å². The van der Waals surface area contributed by atoms with Crippen LogP contribution in [0.2, 0.25) is 10.0 Å². The van der Waals surface area contributed by atoms with Gasteiger partial charge in [0.2, 0.25) is 0 Å². The second-order valence-electron chi connectivity index (χ2n) is 5.53. The van der Waals surface area contributed by atoms with Crippen LogP contribution in [-0.2, 0) is 6.61 Å². The number of halogens is 2. The Morgan fingerprint density at radius 3 is 2.54 bits per heavy atom. The maximum absolute atomic E-state index is 11.3. The average molecular weight is 368 g/mol. The summed E-state index contributed by atoms with van der Waals surface area (Å²) in [5.74, 6) is 0.374. The van der Waals surface area contributed by atoms with Gasteiger partial charge in [-0.2, -0.15) is 0 Å². The van der Waals surface area contributed by atoms with E-state index in [1.807, 2.05) is 30.3 Å². The molecule has 0 fully saturated rings. The maximum atomic E-state index is 11.3. The van der Waals surface area contributed by atoms with Crippen LogP contribution >= 0.6 is 23.2 Å². The molecule has 0 unspecified atom stereocenters. The Balaban J connectivity index is 2.28. The van der Waals surface area contributed by atoms with Crippen LogP contribution in [0.4, 0.5) is 0 Å². The van der Waals surface area contributed by atoms with Gasteiger partial charge in [-0.25, -0.2) is 4.74 Å². The Labute approximate surface area is 151 Å². The first kappa shape index (κ1) is 18.6. The van der Waals surface area contributed by atoms with E-state index in [4.69, 9.17) is 27.9 Å². The van der Waals surface area contributed by atoms with Crippen LogP contribution in [0.1, 0.15) is 30.6 Å². The molecule has 0 aliphatic heterocycles. The van der Waals surface area contributed by atoms with Crippen molar-refractivity contribution in [1.82, 2.24) is 0 Å². The molecule has 0 heterocycles. The van der Waals surface area contributed by atoms with Crippen molar-refractivity contribution >= 4 is 28.9 Å². The standard InChI is InChI=1S/C18H19Cl2NO3/c1-12(21(2)23)8-17(22)15-9-14(19)10-16(20)18(15)24-11-13-6-4-3-5-7-13/h3-7,9-10,17,22H,8,11H2,1-2H3/b21-12+/t17-/m0/s1. The van der Waals surface area contributed by atoms with Crippen molar-refractivity contribution in [1.29, 1.82) is 0 Å². The van der Waals surface area contributed by atoms with Gasteiger partial charge in [0.25, 0.3) is 0 Å². The zero-order valence-electron chi connectivity index (χ0n) is 13.5. The van der Waals surface area contributed by atoms with Crippen molar-refractivity contribution in [3.8, 4) is 5.75 Å². The van der Waals surface area contributed by atoms with Gasteiger partial charge >= 0.3 is 0 Å². The lowest BCUT2D eigenvalue weighted by Gasteiger charge is -2.18. The fraction of sp³-hybridized carbons (Fsp3) is 0.278. The Bertz CT molecular complexity index is 729. The highest BCUT2D eigenvalue weighted by atomic mass is 35.5. The van der Waals surface area contributed by atoms with E-state index >= 15 is 0 Å². The molecule has 0 saturated heterocycles. The molecular weight excluding hydrogens is 349 g/mol. The van der Waals surface area contributed by atoms with Crippen molar-refractivity contribution in [2.24, 2.45) is 0 Å². The molecule has 0 aliphatic carbocycles. The predicted molar refractivity (Wildman–Crippen MR) is 97.0 cm³/mol. The second-order valence-corrected chi connectivity index (χ2v) is 6.38. The number of aliphatic hydroxyl groups excluding tert-OH is 1. The summed E-state index contributed by atoms with van der Waals surface area (Å²) in [4.78, 5) is 0. The monoisotopic (exact) mass is 367 g/mol. The predicted octanol–water partition coefficient (Wildman–Crippen LogP) is 4.60. The molecule has 0 radical (unpaired) electrons. The van der Waals surface area contributed by atoms with Crippen LogP contribution in [0.15, 0.2) is 42.5 Å². The van der Waals surface area contributed by atoms with E-state index in [1.165, 1.54) is 7.05 Å². The van der Waals surface area contributed by atoms with E-state index in [1.54, 1.807) is 19.1 Å². The van der Waals surface area contributed by atoms with Gasteiger partial charge in [0.1, 0.15) is 19.4 Å². The zero-order valence-corrected chi connectivity index (χ0v) is 15.0. The van der Waals surface area contributed by atoms with E-state index in [0.29, 0.717) is 33.7 Å². The third kappa shape index (κ3) is 4.87. The van der Waals surface area contributed by atoms with E-state index in [0.717, 1.165) is 10.3 Å². The Kier molecular flexibility index (Phi) is 6.49. The number of hydrogen-bond acceptors (Lipinski definition) is 3. The topological polar surface area (TPSA) is 55.5 Å². The summed E-state index contributed by atoms with van der Waals surface area (Å²) in [7, 11) is 1.39. The van der Waals surface area contributed by atoms with Crippen molar-refractivity contribution < 1.29 is 14.6 Å². The number of hydrogen-bond donors (Lipinski definition) is 1. The van der Waals surface area contributed by atoms with Gasteiger partial charge in [0.15, 0.2) is 5.71 Å². The van der Waals surface area contributed by atoms with Crippen LogP contribution in [0.3, 0.4) is 0 Å². The summed E-state index contributed by atoms with van der Waals surface area (Å²) in [5.41, 5.74) is 1.93. The normalized spacial score (nSPS) is 13.4. The molecule has 6 heteroatoms. The molecular formula is C18H19Cl2NO3. The average Bonchev–Trinajstić information content (AvgIpc) is 2.54. The zero-order chi connectivity index (χ0) is 17.7. The highest BCUT2D eigenvalue weighted by Crippen LogP contribution is 2.37. The van der Waals surface area contributed by atoms with Gasteiger partial charge in [-0.15, -0.1) is 0 Å². The highest BCUT2D eigenvalue weighted by molar-refractivity contribution is 6.35. The minimum atomic E-state index is -0.941. The first-order chi connectivity index (χ1) is 11.4. The molecule has 0 aliphatic rings. The van der Waals surface area contributed by atoms with E-state index < -0.39 is 6.10 Å². The molecule has 2 rings (SSSR count). The molecule has 2 aromatic rings. The third-order valence-electron chi connectivity index (χ3n) is 3.65. The molecule has 0 aromatic heterocycles. The van der Waals surface area contributed by atoms with E-state index in [9.17, 15) is 10.3 Å². The molecule has 0 saturated carbocycles. The number of rotatable bonds is 6. The fourth-order valence-corrected chi connectivity index (χ4v) is 2.79. The van der Waals surface area contributed by atoms with E-state index in [2.05, 4.69) is 0 Å². The van der Waals surface area contributed by atoms with Gasteiger partial charge in [-0.05, 0) is 17.7 Å². The SMILES string of the molecule is C/C(C[C@H](O)c1cc(Cl)cc(Cl)c1OCc1ccccc1)=[N+](/C)[O-]. The van der Waals surface area contributed by atoms with Gasteiger partial charge in [0, 0.05) is 17.5 Å². The summed E-state index contributed by atoms with van der Waals surface area (Å²) in [6.07, 6.45) is -0.776. The molecule has 1 N–H and O–H groups in total. The lowest BCUT2D eigenvalue weighted by atomic mass is 10.0. The van der Waals surface area contributed by atoms with Crippen LogP contribution < -0.4 is 4.74 Å². The fourth-order valence-electron chi connectivity index (χ4n) is 2.23. The van der Waals surface area contributed by atoms with Crippen LogP contribution in [0.25, 0.3) is 0 Å². The minimum Gasteiger partial charge on any atom is -0.624 e. The lowest BCUT2D eigenvalue weighted by Crippen LogP contribution is -2.13. The quantitative estimate of drug-likeness (QED) is 0.351. The lowest BCUT2D eigenvalue weighted by molar-refractivity contribution is -0.425. The van der Waals surface area contributed by atoms with Gasteiger partial charge in [-0.1, -0.05) is 53.5 Å². The number of aliphatic hydroxyl groups is 1. The minimum absolute atomic E-state index is 0.165. The Hall–Kier alpha value is -1.75. The van der Waals surface area contributed by atoms with Gasteiger partial charge in [0.05, 0.1) is 17.5 Å². The molecule has 4 nitrogen and oxygen atoms in total. The third-order valence-corrected chi connectivity index (χ3v) is 4.15. The summed E-state index contributed by atoms with van der Waals surface area (Å²) in [5, 5.41) is 22.5. The second kappa shape index (κ2) is 8.38. The highest BCUT2D eigenvalue weighted by Gasteiger charge is 2.20. The number of ether oxygens (including phenoxy) is 1. The Morgan fingerprint density at radius 1 is 1.25 bits per heavy atom. The number of nitrogens with zero attached hydrogens (tertiary/aromatic N) is 1. The first-order valence-electron chi connectivity index (χ1n) is 7.45. The Morgan fingerprint density at radius 2 is 1.92 bits per heavy atom. The molecule has 1 atom stereocenters. The van der Waals surface area contributed by atoms with E-state index in [-0.39, 0.29) is 6.42 Å². The van der Waals surface area contributed by atoms with Crippen molar-refractivity contribution in [3.05, 3.63) is 68.8 Å². The van der Waals surface area contributed by atoms with Gasteiger partial charge < -0.3 is 15.1 Å². The smallest absolute Gasteiger partial charge is 0.163 e. The molecule has 0 bridgehead atoms. The number of benzene rings is 2. The summed E-state index contributed by atoms with van der Waals surface area (Å²) < 4.78 is 6.54. The first-order valence-corrected chi connectivity index (χ1v) is 8.21. The van der Waals surface area contributed by atoms with Crippen molar-refractivity contribution in [3.63, 3.8) is 0 Å². The molecule has 128 valence electrons. The largest absolute Gasteiger partial charge is 0.624 e. The number of hydroxylamine groups is 1. The van der Waals surface area contributed by atoms with Crippen molar-refractivity contribution in [2.45, 2.75) is 26.1 Å². The van der Waals surface area contributed by atoms with Gasteiger partial charge in [-0.3, -0.25) is 0 Å². The van der Waals surface area contributed by atoms with Crippen LogP contribution in [-0.4, -0.2) is 22.6 Å². The summed E-state index contributed by atoms with van der Waals surface area (Å²) >= 11 is 12.3. The van der Waals surface area contributed by atoms with Crippen LogP contribution in [0.5, 0.6) is 5.75 Å². The molecule has 24 heavy (non-hydrogen) atoms. The molecule has 0 spiro atoms. The van der Waals surface area contributed by atoms with Crippen LogP contribution in [0, 0.1) is 5.21 Å².